The highest BCUT2D eigenvalue weighted by Gasteiger charge is 2.30. The first-order valence-electron chi connectivity index (χ1n) is 7.13. The maximum Gasteiger partial charge on any atom is 0.234 e. The van der Waals surface area contributed by atoms with Crippen LogP contribution in [0.25, 0.3) is 22.4 Å². The second-order valence-corrected chi connectivity index (χ2v) is 5.28. The maximum absolute atomic E-state index is 11.8. The molecule has 1 N–H and O–H groups in total. The molecule has 0 spiro atoms. The molecule has 0 radical (unpaired) electrons. The van der Waals surface area contributed by atoms with Crippen LogP contribution in [0.3, 0.4) is 0 Å². The Morgan fingerprint density at radius 3 is 2.41 bits per heavy atom. The van der Waals surface area contributed by atoms with E-state index in [0.717, 1.165) is 22.4 Å². The highest BCUT2D eigenvalue weighted by Crippen LogP contribution is 2.27. The number of hydrogen-bond acceptors (Lipinski definition) is 3. The molecular formula is C17H13N3O2. The largest absolute Gasteiger partial charge is 0.338 e. The van der Waals surface area contributed by atoms with E-state index in [1.807, 2.05) is 36.4 Å². The van der Waals surface area contributed by atoms with Crippen LogP contribution in [0, 0.1) is 0 Å². The number of nitrogens with one attached hydrogen (secondary N) is 1. The molecule has 1 fully saturated rings. The van der Waals surface area contributed by atoms with E-state index in [9.17, 15) is 9.59 Å². The van der Waals surface area contributed by atoms with Crippen molar-refractivity contribution in [3.8, 4) is 11.4 Å². The van der Waals surface area contributed by atoms with Crippen LogP contribution in [0.5, 0.6) is 0 Å². The van der Waals surface area contributed by atoms with E-state index in [1.165, 1.54) is 4.90 Å². The molecule has 0 aliphatic carbocycles. The van der Waals surface area contributed by atoms with Gasteiger partial charge in [0.15, 0.2) is 0 Å². The van der Waals surface area contributed by atoms with Crippen molar-refractivity contribution in [1.82, 2.24) is 9.97 Å². The molecule has 2 heterocycles. The Labute approximate surface area is 126 Å². The monoisotopic (exact) mass is 291 g/mol. The number of anilines is 1. The number of aromatic nitrogens is 2. The minimum Gasteiger partial charge on any atom is -0.338 e. The Hall–Kier alpha value is -2.95. The lowest BCUT2D eigenvalue weighted by Crippen LogP contribution is -2.28. The Bertz CT molecular complexity index is 867. The topological polar surface area (TPSA) is 66.1 Å². The van der Waals surface area contributed by atoms with Crippen LogP contribution < -0.4 is 4.90 Å². The zero-order valence-electron chi connectivity index (χ0n) is 11.7. The molecule has 2 amide bonds. The minimum absolute atomic E-state index is 0.146. The fraction of sp³-hybridized carbons (Fsp3) is 0.118. The molecule has 4 rings (SSSR count). The third-order valence-corrected chi connectivity index (χ3v) is 3.82. The second-order valence-electron chi connectivity index (χ2n) is 5.28. The van der Waals surface area contributed by atoms with Gasteiger partial charge in [-0.15, -0.1) is 0 Å². The van der Waals surface area contributed by atoms with Crippen LogP contribution in [0.4, 0.5) is 5.69 Å². The summed E-state index contributed by atoms with van der Waals surface area (Å²) in [5.74, 6) is 0.478. The summed E-state index contributed by atoms with van der Waals surface area (Å²) in [4.78, 5) is 32.7. The first kappa shape index (κ1) is 12.8. The second kappa shape index (κ2) is 4.80. The van der Waals surface area contributed by atoms with Gasteiger partial charge < -0.3 is 4.98 Å². The standard InChI is InChI=1S/C17H13N3O2/c21-15-8-9-16(22)20(15)12-6-7-13-14(10-12)19-17(18-13)11-4-2-1-3-5-11/h1-7,10H,8-9H2,(H,18,19). The van der Waals surface area contributed by atoms with Crippen LogP contribution in [-0.4, -0.2) is 21.8 Å². The van der Waals surface area contributed by atoms with Crippen LogP contribution in [0.15, 0.2) is 48.5 Å². The van der Waals surface area contributed by atoms with Crippen molar-refractivity contribution >= 4 is 28.5 Å². The van der Waals surface area contributed by atoms with Crippen molar-refractivity contribution in [2.24, 2.45) is 0 Å². The third kappa shape index (κ3) is 1.98. The van der Waals surface area contributed by atoms with E-state index in [-0.39, 0.29) is 24.7 Å². The summed E-state index contributed by atoms with van der Waals surface area (Å²) in [5, 5.41) is 0. The number of nitrogens with zero attached hydrogens (tertiary/aromatic N) is 2. The molecule has 1 aliphatic rings. The van der Waals surface area contributed by atoms with E-state index < -0.39 is 0 Å². The van der Waals surface area contributed by atoms with Crippen LogP contribution in [0.2, 0.25) is 0 Å². The number of hydrogen-bond donors (Lipinski definition) is 1. The maximum atomic E-state index is 11.8. The average Bonchev–Trinajstić information content (AvgIpc) is 3.11. The molecule has 1 saturated heterocycles. The number of H-pyrrole nitrogens is 1. The Balaban J connectivity index is 1.79. The predicted octanol–water partition coefficient (Wildman–Crippen LogP) is 2.88. The van der Waals surface area contributed by atoms with Gasteiger partial charge in [0.25, 0.3) is 0 Å². The zero-order chi connectivity index (χ0) is 15.1. The number of fused-ring (bicyclic) bond motifs is 1. The van der Waals surface area contributed by atoms with Crippen molar-refractivity contribution < 1.29 is 9.59 Å². The van der Waals surface area contributed by atoms with Gasteiger partial charge in [-0.1, -0.05) is 30.3 Å². The molecule has 5 heteroatoms. The first-order valence-corrected chi connectivity index (χ1v) is 7.13. The van der Waals surface area contributed by atoms with Gasteiger partial charge in [-0.3, -0.25) is 14.5 Å². The van der Waals surface area contributed by atoms with Crippen molar-refractivity contribution in [2.45, 2.75) is 12.8 Å². The number of benzene rings is 2. The van der Waals surface area contributed by atoms with E-state index >= 15 is 0 Å². The van der Waals surface area contributed by atoms with Gasteiger partial charge in [-0.05, 0) is 18.2 Å². The molecule has 1 aromatic heterocycles. The number of imidazole rings is 1. The van der Waals surface area contributed by atoms with Crippen molar-refractivity contribution in [2.75, 3.05) is 4.90 Å². The summed E-state index contributed by atoms with van der Waals surface area (Å²) in [7, 11) is 0. The van der Waals surface area contributed by atoms with Gasteiger partial charge in [0.1, 0.15) is 5.82 Å². The van der Waals surface area contributed by atoms with Crippen molar-refractivity contribution in [3.63, 3.8) is 0 Å². The number of aromatic amines is 1. The normalized spacial score (nSPS) is 15.0. The predicted molar refractivity (Wildman–Crippen MR) is 83.3 cm³/mol. The lowest BCUT2D eigenvalue weighted by atomic mass is 10.2. The van der Waals surface area contributed by atoms with Gasteiger partial charge >= 0.3 is 0 Å². The summed E-state index contributed by atoms with van der Waals surface area (Å²) in [6.07, 6.45) is 0.574. The smallest absolute Gasteiger partial charge is 0.234 e. The molecule has 0 atom stereocenters. The molecule has 0 saturated carbocycles. The Morgan fingerprint density at radius 1 is 0.955 bits per heavy atom. The summed E-state index contributed by atoms with van der Waals surface area (Å²) < 4.78 is 0. The number of amides is 2. The number of carbonyl (C=O) groups is 2. The van der Waals surface area contributed by atoms with Crippen molar-refractivity contribution in [1.29, 1.82) is 0 Å². The van der Waals surface area contributed by atoms with Gasteiger partial charge in [0, 0.05) is 18.4 Å². The quantitative estimate of drug-likeness (QED) is 0.738. The van der Waals surface area contributed by atoms with E-state index in [1.54, 1.807) is 12.1 Å². The molecule has 5 nitrogen and oxygen atoms in total. The molecule has 22 heavy (non-hydrogen) atoms. The molecule has 2 aromatic carbocycles. The molecule has 0 unspecified atom stereocenters. The van der Waals surface area contributed by atoms with Crippen LogP contribution in [-0.2, 0) is 9.59 Å². The summed E-state index contributed by atoms with van der Waals surface area (Å²) >= 11 is 0. The van der Waals surface area contributed by atoms with Gasteiger partial charge in [-0.25, -0.2) is 4.98 Å². The zero-order valence-corrected chi connectivity index (χ0v) is 11.7. The molecule has 0 bridgehead atoms. The van der Waals surface area contributed by atoms with Gasteiger partial charge in [0.2, 0.25) is 11.8 Å². The molecule has 3 aromatic rings. The first-order chi connectivity index (χ1) is 10.7. The SMILES string of the molecule is O=C1CCC(=O)N1c1ccc2nc(-c3ccccc3)[nH]c2c1. The number of rotatable bonds is 2. The Morgan fingerprint density at radius 2 is 1.68 bits per heavy atom. The fourth-order valence-electron chi connectivity index (χ4n) is 2.73. The number of imide groups is 1. The van der Waals surface area contributed by atoms with Gasteiger partial charge in [-0.2, -0.15) is 0 Å². The Kier molecular flexibility index (Phi) is 2.79. The lowest BCUT2D eigenvalue weighted by Gasteiger charge is -2.13. The molecule has 108 valence electrons. The summed E-state index contributed by atoms with van der Waals surface area (Å²) in [6, 6.07) is 15.2. The van der Waals surface area contributed by atoms with E-state index in [2.05, 4.69) is 9.97 Å². The fourth-order valence-corrected chi connectivity index (χ4v) is 2.73. The summed E-state index contributed by atoms with van der Waals surface area (Å²) in [6.45, 7) is 0. The minimum atomic E-state index is -0.146. The van der Waals surface area contributed by atoms with Crippen LogP contribution in [0.1, 0.15) is 12.8 Å². The average molecular weight is 291 g/mol. The highest BCUT2D eigenvalue weighted by atomic mass is 16.2. The number of carbonyl (C=O) groups excluding carboxylic acids is 2. The van der Waals surface area contributed by atoms with Gasteiger partial charge in [0.05, 0.1) is 16.7 Å². The van der Waals surface area contributed by atoms with E-state index in [4.69, 9.17) is 0 Å². The van der Waals surface area contributed by atoms with E-state index in [0.29, 0.717) is 5.69 Å². The van der Waals surface area contributed by atoms with Crippen LogP contribution >= 0.6 is 0 Å². The molecular weight excluding hydrogens is 278 g/mol. The summed E-state index contributed by atoms with van der Waals surface area (Å²) in [5.41, 5.74) is 3.21. The third-order valence-electron chi connectivity index (χ3n) is 3.82. The molecule has 1 aliphatic heterocycles. The highest BCUT2D eigenvalue weighted by molar-refractivity contribution is 6.20. The van der Waals surface area contributed by atoms with Crippen molar-refractivity contribution in [3.05, 3.63) is 48.5 Å². The lowest BCUT2D eigenvalue weighted by molar-refractivity contribution is -0.121.